The predicted molar refractivity (Wildman–Crippen MR) is 91.2 cm³/mol. The topological polar surface area (TPSA) is 72.0 Å². The number of carbonyl (C=O) groups is 1. The normalized spacial score (nSPS) is 21.0. The Labute approximate surface area is 145 Å². The van der Waals surface area contributed by atoms with Crippen molar-refractivity contribution in [1.29, 1.82) is 0 Å². The highest BCUT2D eigenvalue weighted by molar-refractivity contribution is 6.00. The van der Waals surface area contributed by atoms with E-state index in [9.17, 15) is 9.90 Å². The fourth-order valence-electron chi connectivity index (χ4n) is 3.51. The van der Waals surface area contributed by atoms with E-state index in [1.807, 2.05) is 54.3 Å². The molecule has 7 nitrogen and oxygen atoms in total. The van der Waals surface area contributed by atoms with Gasteiger partial charge >= 0.3 is 0 Å². The molecule has 130 valence electrons. The molecular weight excluding hydrogens is 320 g/mol. The van der Waals surface area contributed by atoms with Gasteiger partial charge in [-0.2, -0.15) is 5.10 Å². The maximum absolute atomic E-state index is 13.3. The van der Waals surface area contributed by atoms with Crippen LogP contribution >= 0.6 is 0 Å². The number of benzene rings is 1. The van der Waals surface area contributed by atoms with Crippen LogP contribution in [0.3, 0.4) is 0 Å². The summed E-state index contributed by atoms with van der Waals surface area (Å²) in [7, 11) is 1.89. The SMILES string of the molecule is Cn1ccn2ncc(C(=O)N3CCO[C@@H](CO)[C@@H]3c3ccccc3)c12. The molecule has 3 heterocycles. The Bertz CT molecular complexity index is 886. The zero-order chi connectivity index (χ0) is 17.4. The van der Waals surface area contributed by atoms with E-state index in [4.69, 9.17) is 4.74 Å². The van der Waals surface area contributed by atoms with Gasteiger partial charge in [0.15, 0.2) is 0 Å². The van der Waals surface area contributed by atoms with Crippen molar-refractivity contribution in [2.75, 3.05) is 19.8 Å². The summed E-state index contributed by atoms with van der Waals surface area (Å²) in [5.74, 6) is -0.104. The average molecular weight is 340 g/mol. The summed E-state index contributed by atoms with van der Waals surface area (Å²) in [4.78, 5) is 15.1. The lowest BCUT2D eigenvalue weighted by Gasteiger charge is -2.40. The summed E-state index contributed by atoms with van der Waals surface area (Å²) in [6.45, 7) is 0.728. The summed E-state index contributed by atoms with van der Waals surface area (Å²) in [6, 6.07) is 9.37. The molecule has 2 atom stereocenters. The van der Waals surface area contributed by atoms with Gasteiger partial charge in [-0.3, -0.25) is 4.79 Å². The van der Waals surface area contributed by atoms with Gasteiger partial charge in [0.2, 0.25) is 0 Å². The molecule has 0 radical (unpaired) electrons. The fourth-order valence-corrected chi connectivity index (χ4v) is 3.51. The molecule has 2 aromatic heterocycles. The van der Waals surface area contributed by atoms with Crippen molar-refractivity contribution in [3.05, 3.63) is 60.0 Å². The lowest BCUT2D eigenvalue weighted by Crippen LogP contribution is -2.49. The third-order valence-electron chi connectivity index (χ3n) is 4.70. The van der Waals surface area contributed by atoms with Gasteiger partial charge in [0.1, 0.15) is 17.3 Å². The van der Waals surface area contributed by atoms with Crippen molar-refractivity contribution in [3.8, 4) is 0 Å². The van der Waals surface area contributed by atoms with Crippen LogP contribution in [0.4, 0.5) is 0 Å². The van der Waals surface area contributed by atoms with Crippen molar-refractivity contribution < 1.29 is 14.6 Å². The third-order valence-corrected chi connectivity index (χ3v) is 4.70. The Morgan fingerprint density at radius 1 is 1.32 bits per heavy atom. The second-order valence-electron chi connectivity index (χ2n) is 6.18. The van der Waals surface area contributed by atoms with E-state index in [0.29, 0.717) is 18.7 Å². The number of hydrogen-bond donors (Lipinski definition) is 1. The minimum absolute atomic E-state index is 0.104. The van der Waals surface area contributed by atoms with Gasteiger partial charge in [0.25, 0.3) is 5.91 Å². The first-order chi connectivity index (χ1) is 12.2. The number of ether oxygens (including phenoxy) is 1. The Morgan fingerprint density at radius 3 is 2.88 bits per heavy atom. The van der Waals surface area contributed by atoms with E-state index in [0.717, 1.165) is 11.2 Å². The monoisotopic (exact) mass is 340 g/mol. The highest BCUT2D eigenvalue weighted by Crippen LogP contribution is 2.31. The van der Waals surface area contributed by atoms with Gasteiger partial charge in [-0.1, -0.05) is 30.3 Å². The lowest BCUT2D eigenvalue weighted by atomic mass is 9.97. The Kier molecular flexibility index (Phi) is 4.03. The molecule has 1 aliphatic heterocycles. The van der Waals surface area contributed by atoms with Crippen LogP contribution < -0.4 is 0 Å². The molecule has 0 bridgehead atoms. The maximum Gasteiger partial charge on any atom is 0.259 e. The van der Waals surface area contributed by atoms with E-state index >= 15 is 0 Å². The van der Waals surface area contributed by atoms with Crippen molar-refractivity contribution >= 4 is 11.6 Å². The van der Waals surface area contributed by atoms with Crippen molar-refractivity contribution in [2.45, 2.75) is 12.1 Å². The fraction of sp³-hybridized carbons (Fsp3) is 0.333. The van der Waals surface area contributed by atoms with Crippen LogP contribution in [-0.4, -0.2) is 56.0 Å². The molecule has 1 aliphatic rings. The third kappa shape index (κ3) is 2.61. The smallest absolute Gasteiger partial charge is 0.259 e. The number of aliphatic hydroxyl groups excluding tert-OH is 1. The summed E-state index contributed by atoms with van der Waals surface area (Å²) in [6.07, 6.45) is 4.84. The molecule has 1 amide bonds. The number of aryl methyl sites for hydroxylation is 1. The highest BCUT2D eigenvalue weighted by Gasteiger charge is 2.37. The number of carbonyl (C=O) groups excluding carboxylic acids is 1. The molecule has 0 saturated carbocycles. The van der Waals surface area contributed by atoms with Crippen molar-refractivity contribution in [3.63, 3.8) is 0 Å². The highest BCUT2D eigenvalue weighted by atomic mass is 16.5. The van der Waals surface area contributed by atoms with Crippen LogP contribution in [0.15, 0.2) is 48.9 Å². The number of imidazole rings is 1. The standard InChI is InChI=1S/C18H20N4O3/c1-20-7-8-22-17(20)14(11-19-22)18(24)21-9-10-25-15(12-23)16(21)13-5-3-2-4-6-13/h2-8,11,15-16,23H,9-10,12H2,1H3/t15-,16-/m0/s1. The number of hydrogen-bond acceptors (Lipinski definition) is 4. The van der Waals surface area contributed by atoms with E-state index in [2.05, 4.69) is 5.10 Å². The Balaban J connectivity index is 1.75. The summed E-state index contributed by atoms with van der Waals surface area (Å²) in [5, 5.41) is 14.0. The predicted octanol–water partition coefficient (Wildman–Crippen LogP) is 1.25. The second-order valence-corrected chi connectivity index (χ2v) is 6.18. The zero-order valence-electron chi connectivity index (χ0n) is 13.9. The maximum atomic E-state index is 13.3. The zero-order valence-corrected chi connectivity index (χ0v) is 13.9. The number of amides is 1. The van der Waals surface area contributed by atoms with Gasteiger partial charge in [-0.25, -0.2) is 4.52 Å². The first-order valence-corrected chi connectivity index (χ1v) is 8.27. The van der Waals surface area contributed by atoms with Gasteiger partial charge in [0.05, 0.1) is 25.5 Å². The number of rotatable bonds is 3. The van der Waals surface area contributed by atoms with Crippen LogP contribution in [-0.2, 0) is 11.8 Å². The van der Waals surface area contributed by atoms with Gasteiger partial charge < -0.3 is 19.3 Å². The largest absolute Gasteiger partial charge is 0.394 e. The molecule has 7 heteroatoms. The minimum atomic E-state index is -0.445. The van der Waals surface area contributed by atoms with Crippen LogP contribution in [0.5, 0.6) is 0 Å². The first kappa shape index (κ1) is 15.9. The molecular formula is C18H20N4O3. The number of aromatic nitrogens is 3. The molecule has 25 heavy (non-hydrogen) atoms. The molecule has 1 fully saturated rings. The van der Waals surface area contributed by atoms with Gasteiger partial charge in [0, 0.05) is 26.0 Å². The van der Waals surface area contributed by atoms with Crippen molar-refractivity contribution in [1.82, 2.24) is 19.1 Å². The van der Waals surface area contributed by atoms with E-state index in [-0.39, 0.29) is 18.6 Å². The van der Waals surface area contributed by atoms with E-state index in [1.165, 1.54) is 0 Å². The number of nitrogens with zero attached hydrogens (tertiary/aromatic N) is 4. The average Bonchev–Trinajstić information content (AvgIpc) is 3.24. The molecule has 0 spiro atoms. The molecule has 1 saturated heterocycles. The summed E-state index contributed by atoms with van der Waals surface area (Å²) < 4.78 is 9.28. The molecule has 0 aliphatic carbocycles. The summed E-state index contributed by atoms with van der Waals surface area (Å²) in [5.41, 5.74) is 2.25. The summed E-state index contributed by atoms with van der Waals surface area (Å²) >= 11 is 0. The van der Waals surface area contributed by atoms with Crippen LogP contribution in [0.2, 0.25) is 0 Å². The second kappa shape index (κ2) is 6.34. The first-order valence-electron chi connectivity index (χ1n) is 8.27. The molecule has 1 N–H and O–H groups in total. The number of morpholine rings is 1. The molecule has 3 aromatic rings. The van der Waals surface area contributed by atoms with Crippen LogP contribution in [0, 0.1) is 0 Å². The minimum Gasteiger partial charge on any atom is -0.394 e. The Morgan fingerprint density at radius 2 is 2.12 bits per heavy atom. The van der Waals surface area contributed by atoms with Crippen molar-refractivity contribution in [2.24, 2.45) is 7.05 Å². The van der Waals surface area contributed by atoms with E-state index < -0.39 is 6.10 Å². The van der Waals surface area contributed by atoms with Gasteiger partial charge in [-0.15, -0.1) is 0 Å². The van der Waals surface area contributed by atoms with Gasteiger partial charge in [-0.05, 0) is 5.56 Å². The quantitative estimate of drug-likeness (QED) is 0.779. The molecule has 4 rings (SSSR count). The van der Waals surface area contributed by atoms with Crippen LogP contribution in [0.1, 0.15) is 22.0 Å². The number of fused-ring (bicyclic) bond motifs is 1. The van der Waals surface area contributed by atoms with Crippen LogP contribution in [0.25, 0.3) is 5.65 Å². The number of aliphatic hydroxyl groups is 1. The Hall–Kier alpha value is -2.64. The lowest BCUT2D eigenvalue weighted by molar-refractivity contribution is -0.0811. The molecule has 0 unspecified atom stereocenters. The molecule has 1 aromatic carbocycles. The van der Waals surface area contributed by atoms with E-state index in [1.54, 1.807) is 15.6 Å².